The molecule has 1 unspecified atom stereocenters. The fraction of sp³-hybridized carbons (Fsp3) is 0.591. The Hall–Kier alpha value is -2.62. The summed E-state index contributed by atoms with van der Waals surface area (Å²) in [5.74, 6) is 0.579. The van der Waals surface area contributed by atoms with Crippen molar-refractivity contribution in [2.24, 2.45) is 0 Å². The molecule has 2 aliphatic heterocycles. The first-order chi connectivity index (χ1) is 14.9. The largest absolute Gasteiger partial charge is 0.444 e. The van der Waals surface area contributed by atoms with Crippen LogP contribution in [0.25, 0.3) is 11.5 Å². The van der Waals surface area contributed by atoms with Gasteiger partial charge in [0.25, 0.3) is 5.89 Å². The van der Waals surface area contributed by atoms with Gasteiger partial charge >= 0.3 is 12.3 Å². The summed E-state index contributed by atoms with van der Waals surface area (Å²) in [5.41, 5.74) is -1.19. The van der Waals surface area contributed by atoms with Gasteiger partial charge in [0.15, 0.2) is 5.82 Å². The van der Waals surface area contributed by atoms with Crippen LogP contribution in [-0.2, 0) is 15.7 Å². The Morgan fingerprint density at radius 2 is 1.81 bits per heavy atom. The topological polar surface area (TPSA) is 77.7 Å². The summed E-state index contributed by atoms with van der Waals surface area (Å²) in [5, 5.41) is 4.03. The van der Waals surface area contributed by atoms with Gasteiger partial charge in [-0.1, -0.05) is 5.16 Å². The fourth-order valence-corrected chi connectivity index (χ4v) is 4.10. The van der Waals surface area contributed by atoms with Crippen molar-refractivity contribution in [3.8, 4) is 11.5 Å². The SMILES string of the molecule is CC(C)(C)OC(=O)N1CCC2(CC1)CC(c1noc(-c3ccc(C(F)(F)F)cc3)n1)CO2. The van der Waals surface area contributed by atoms with E-state index < -0.39 is 17.3 Å². The van der Waals surface area contributed by atoms with E-state index in [0.29, 0.717) is 50.3 Å². The first-order valence-corrected chi connectivity index (χ1v) is 10.6. The minimum atomic E-state index is -4.40. The molecule has 1 spiro atoms. The Labute approximate surface area is 183 Å². The summed E-state index contributed by atoms with van der Waals surface area (Å²) in [7, 11) is 0. The van der Waals surface area contributed by atoms with Crippen LogP contribution in [0.2, 0.25) is 0 Å². The van der Waals surface area contributed by atoms with Crippen LogP contribution in [0.3, 0.4) is 0 Å². The number of hydrogen-bond donors (Lipinski definition) is 0. The second-order valence-corrected chi connectivity index (χ2v) is 9.40. The lowest BCUT2D eigenvalue weighted by atomic mass is 9.85. The van der Waals surface area contributed by atoms with E-state index in [1.807, 2.05) is 20.8 Å². The smallest absolute Gasteiger partial charge is 0.416 e. The van der Waals surface area contributed by atoms with Crippen LogP contribution in [0.4, 0.5) is 18.0 Å². The number of alkyl halides is 3. The molecular weight excluding hydrogens is 427 g/mol. The Morgan fingerprint density at radius 1 is 1.16 bits per heavy atom. The highest BCUT2D eigenvalue weighted by atomic mass is 19.4. The van der Waals surface area contributed by atoms with Crippen molar-refractivity contribution in [2.75, 3.05) is 19.7 Å². The number of rotatable bonds is 2. The van der Waals surface area contributed by atoms with Gasteiger partial charge in [-0.05, 0) is 64.3 Å². The standard InChI is InChI=1S/C22H26F3N3O4/c1-20(2,3)31-19(29)28-10-8-21(9-11-28)12-15(13-30-21)17-26-18(32-27-17)14-4-6-16(7-5-14)22(23,24)25/h4-7,15H,8-13H2,1-3H3. The Balaban J connectivity index is 1.37. The highest BCUT2D eigenvalue weighted by Gasteiger charge is 2.45. The number of carbonyl (C=O) groups excluding carboxylic acids is 1. The Bertz CT molecular complexity index is 958. The van der Waals surface area contributed by atoms with Gasteiger partial charge in [-0.25, -0.2) is 4.79 Å². The summed E-state index contributed by atoms with van der Waals surface area (Å²) in [4.78, 5) is 18.4. The van der Waals surface area contributed by atoms with Gasteiger partial charge in [0.1, 0.15) is 5.60 Å². The van der Waals surface area contributed by atoms with Gasteiger partial charge in [-0.2, -0.15) is 18.2 Å². The van der Waals surface area contributed by atoms with Crippen LogP contribution in [0.15, 0.2) is 28.8 Å². The molecule has 2 aromatic rings. The first-order valence-electron chi connectivity index (χ1n) is 10.6. The molecule has 2 saturated heterocycles. The fourth-order valence-electron chi connectivity index (χ4n) is 4.10. The van der Waals surface area contributed by atoms with E-state index >= 15 is 0 Å². The third-order valence-corrected chi connectivity index (χ3v) is 5.80. The number of halogens is 3. The van der Waals surface area contributed by atoms with Crippen molar-refractivity contribution in [3.63, 3.8) is 0 Å². The second-order valence-electron chi connectivity index (χ2n) is 9.40. The van der Waals surface area contributed by atoms with Crippen LogP contribution in [0, 0.1) is 0 Å². The minimum absolute atomic E-state index is 0.0741. The van der Waals surface area contributed by atoms with E-state index in [-0.39, 0.29) is 23.5 Å². The van der Waals surface area contributed by atoms with E-state index in [0.717, 1.165) is 12.1 Å². The molecule has 3 heterocycles. The van der Waals surface area contributed by atoms with Gasteiger partial charge in [0.05, 0.1) is 17.8 Å². The highest BCUT2D eigenvalue weighted by Crippen LogP contribution is 2.42. The lowest BCUT2D eigenvalue weighted by Crippen LogP contribution is -2.47. The second kappa shape index (κ2) is 8.06. The highest BCUT2D eigenvalue weighted by molar-refractivity contribution is 5.68. The molecule has 0 aliphatic carbocycles. The van der Waals surface area contributed by atoms with Crippen molar-refractivity contribution in [1.82, 2.24) is 15.0 Å². The minimum Gasteiger partial charge on any atom is -0.444 e. The molecule has 0 radical (unpaired) electrons. The number of benzene rings is 1. The molecule has 1 amide bonds. The summed E-state index contributed by atoms with van der Waals surface area (Å²) in [6, 6.07) is 4.62. The predicted molar refractivity (Wildman–Crippen MR) is 108 cm³/mol. The van der Waals surface area contributed by atoms with E-state index in [9.17, 15) is 18.0 Å². The number of piperidine rings is 1. The molecule has 1 aromatic heterocycles. The van der Waals surface area contributed by atoms with Crippen LogP contribution in [-0.4, -0.2) is 52.0 Å². The lowest BCUT2D eigenvalue weighted by molar-refractivity contribution is -0.137. The number of hydrogen-bond acceptors (Lipinski definition) is 6. The van der Waals surface area contributed by atoms with Crippen LogP contribution >= 0.6 is 0 Å². The predicted octanol–water partition coefficient (Wildman–Crippen LogP) is 5.03. The molecular formula is C22H26F3N3O4. The third kappa shape index (κ3) is 4.90. The number of carbonyl (C=O) groups is 1. The zero-order valence-corrected chi connectivity index (χ0v) is 18.2. The van der Waals surface area contributed by atoms with E-state index in [2.05, 4.69) is 10.1 Å². The van der Waals surface area contributed by atoms with Crippen molar-refractivity contribution in [2.45, 2.75) is 63.3 Å². The molecule has 0 bridgehead atoms. The summed E-state index contributed by atoms with van der Waals surface area (Å²) in [6.07, 6.45) is -2.64. The molecule has 1 aromatic carbocycles. The lowest BCUT2D eigenvalue weighted by Gasteiger charge is -2.39. The average Bonchev–Trinajstić information content (AvgIpc) is 3.34. The van der Waals surface area contributed by atoms with Crippen LogP contribution < -0.4 is 0 Å². The van der Waals surface area contributed by atoms with E-state index in [1.165, 1.54) is 12.1 Å². The maximum atomic E-state index is 12.8. The number of nitrogens with zero attached hydrogens (tertiary/aromatic N) is 3. The summed E-state index contributed by atoms with van der Waals surface area (Å²) in [6.45, 7) is 7.04. The van der Waals surface area contributed by atoms with Crippen molar-refractivity contribution >= 4 is 6.09 Å². The third-order valence-electron chi connectivity index (χ3n) is 5.80. The van der Waals surface area contributed by atoms with Gasteiger partial charge < -0.3 is 18.9 Å². The molecule has 2 fully saturated rings. The van der Waals surface area contributed by atoms with E-state index in [4.69, 9.17) is 14.0 Å². The summed E-state index contributed by atoms with van der Waals surface area (Å²) < 4.78 is 55.1. The molecule has 10 heteroatoms. The maximum Gasteiger partial charge on any atom is 0.416 e. The zero-order valence-electron chi connectivity index (χ0n) is 18.2. The van der Waals surface area contributed by atoms with Crippen molar-refractivity contribution in [1.29, 1.82) is 0 Å². The molecule has 32 heavy (non-hydrogen) atoms. The molecule has 174 valence electrons. The quantitative estimate of drug-likeness (QED) is 0.635. The Morgan fingerprint density at radius 3 is 2.41 bits per heavy atom. The van der Waals surface area contributed by atoms with Gasteiger partial charge in [-0.3, -0.25) is 0 Å². The molecule has 2 aliphatic rings. The monoisotopic (exact) mass is 453 g/mol. The van der Waals surface area contributed by atoms with E-state index in [1.54, 1.807) is 4.90 Å². The average molecular weight is 453 g/mol. The number of aromatic nitrogens is 2. The van der Waals surface area contributed by atoms with Gasteiger partial charge in [0, 0.05) is 24.6 Å². The van der Waals surface area contributed by atoms with Gasteiger partial charge in [0.2, 0.25) is 0 Å². The van der Waals surface area contributed by atoms with Crippen LogP contribution in [0.5, 0.6) is 0 Å². The number of ether oxygens (including phenoxy) is 2. The Kier molecular flexibility index (Phi) is 5.68. The first kappa shape index (κ1) is 22.6. The molecule has 0 saturated carbocycles. The molecule has 0 N–H and O–H groups in total. The zero-order chi connectivity index (χ0) is 23.1. The molecule has 4 rings (SSSR count). The normalized spacial score (nSPS) is 21.2. The van der Waals surface area contributed by atoms with Crippen molar-refractivity contribution < 1.29 is 32.0 Å². The molecule has 1 atom stereocenters. The van der Waals surface area contributed by atoms with Crippen molar-refractivity contribution in [3.05, 3.63) is 35.7 Å². The summed E-state index contributed by atoms with van der Waals surface area (Å²) >= 11 is 0. The number of amides is 1. The number of likely N-dealkylation sites (tertiary alicyclic amines) is 1. The molecule has 7 nitrogen and oxygen atoms in total. The maximum absolute atomic E-state index is 12.8. The van der Waals surface area contributed by atoms with Gasteiger partial charge in [-0.15, -0.1) is 0 Å². The van der Waals surface area contributed by atoms with Crippen LogP contribution in [0.1, 0.15) is 57.3 Å².